The monoisotopic (exact) mass is 375 g/mol. The smallest absolute Gasteiger partial charge is 0.240 e. The number of rotatable bonds is 6. The number of hydrogen-bond donors (Lipinski definition) is 1. The molecule has 0 atom stereocenters. The highest BCUT2D eigenvalue weighted by Crippen LogP contribution is 2.12. The van der Waals surface area contributed by atoms with Gasteiger partial charge in [-0.3, -0.25) is 4.90 Å². The van der Waals surface area contributed by atoms with Crippen LogP contribution in [-0.2, 0) is 29.5 Å². The van der Waals surface area contributed by atoms with E-state index in [0.717, 1.165) is 38.4 Å². The van der Waals surface area contributed by atoms with Crippen LogP contribution in [-0.4, -0.2) is 47.7 Å². The molecule has 1 N–H and O–H groups in total. The summed E-state index contributed by atoms with van der Waals surface area (Å²) >= 11 is 0. The molecule has 0 spiro atoms. The lowest BCUT2D eigenvalue weighted by atomic mass is 10.3. The maximum absolute atomic E-state index is 12.4. The first-order valence-corrected chi connectivity index (χ1v) is 10.3. The molecule has 26 heavy (non-hydrogen) atoms. The van der Waals surface area contributed by atoms with Crippen LogP contribution in [0.2, 0.25) is 0 Å². The van der Waals surface area contributed by atoms with Crippen molar-refractivity contribution < 1.29 is 8.42 Å². The Morgan fingerprint density at radius 1 is 1.15 bits per heavy atom. The molecule has 1 aromatic heterocycles. The van der Waals surface area contributed by atoms with E-state index in [2.05, 4.69) is 39.7 Å². The van der Waals surface area contributed by atoms with E-state index in [4.69, 9.17) is 0 Å². The van der Waals surface area contributed by atoms with Gasteiger partial charge in [-0.05, 0) is 26.0 Å². The summed E-state index contributed by atoms with van der Waals surface area (Å²) in [6.07, 6.45) is 3.04. The fourth-order valence-corrected chi connectivity index (χ4v) is 3.90. The Morgan fingerprint density at radius 3 is 2.65 bits per heavy atom. The number of fused-ring (bicyclic) bond motifs is 1. The Morgan fingerprint density at radius 2 is 1.92 bits per heavy atom. The molecule has 0 saturated carbocycles. The number of allylic oxidation sites excluding steroid dienone is 1. The molecule has 2 heterocycles. The predicted molar refractivity (Wildman–Crippen MR) is 100 cm³/mol. The van der Waals surface area contributed by atoms with Gasteiger partial charge in [0.2, 0.25) is 10.0 Å². The second-order valence-electron chi connectivity index (χ2n) is 6.65. The van der Waals surface area contributed by atoms with Crippen LogP contribution in [0, 0.1) is 0 Å². The second kappa shape index (κ2) is 8.11. The fraction of sp³-hybridized carbons (Fsp3) is 0.444. The van der Waals surface area contributed by atoms with E-state index in [1.165, 1.54) is 5.57 Å². The molecule has 1 aliphatic heterocycles. The van der Waals surface area contributed by atoms with E-state index in [1.807, 2.05) is 4.57 Å². The minimum Gasteiger partial charge on any atom is -0.313 e. The minimum absolute atomic E-state index is 0.137. The van der Waals surface area contributed by atoms with E-state index < -0.39 is 10.0 Å². The molecule has 1 aliphatic rings. The molecule has 0 bridgehead atoms. The van der Waals surface area contributed by atoms with Crippen LogP contribution in [0.5, 0.6) is 0 Å². The third kappa shape index (κ3) is 4.57. The number of nitrogens with zero attached hydrogens (tertiary/aromatic N) is 4. The molecule has 3 rings (SSSR count). The van der Waals surface area contributed by atoms with Gasteiger partial charge in [-0.1, -0.05) is 29.8 Å². The molecule has 0 unspecified atom stereocenters. The van der Waals surface area contributed by atoms with Crippen LogP contribution in [0.1, 0.15) is 25.5 Å². The minimum atomic E-state index is -3.55. The lowest BCUT2D eigenvalue weighted by Crippen LogP contribution is -2.28. The van der Waals surface area contributed by atoms with E-state index >= 15 is 0 Å². The van der Waals surface area contributed by atoms with Crippen LogP contribution in [0.3, 0.4) is 0 Å². The standard InChI is InChI=1S/C18H25N5O2S/c1-15(2)8-10-22-11-9-17-20-21-18(23(17)13-12-22)14-19-26(24,25)16-6-4-3-5-7-16/h3-8,19H,9-14H2,1-2H3. The Labute approximate surface area is 154 Å². The van der Waals surface area contributed by atoms with Crippen molar-refractivity contribution in [2.45, 2.75) is 38.3 Å². The zero-order valence-electron chi connectivity index (χ0n) is 15.2. The van der Waals surface area contributed by atoms with Crippen molar-refractivity contribution in [1.82, 2.24) is 24.4 Å². The largest absolute Gasteiger partial charge is 0.313 e. The molecular weight excluding hydrogens is 350 g/mol. The molecule has 0 radical (unpaired) electrons. The summed E-state index contributed by atoms with van der Waals surface area (Å²) in [6.45, 7) is 7.86. The van der Waals surface area contributed by atoms with Crippen molar-refractivity contribution in [3.63, 3.8) is 0 Å². The van der Waals surface area contributed by atoms with Gasteiger partial charge < -0.3 is 4.57 Å². The lowest BCUT2D eigenvalue weighted by Gasteiger charge is -2.17. The molecule has 0 fully saturated rings. The highest BCUT2D eigenvalue weighted by molar-refractivity contribution is 7.89. The SMILES string of the molecule is CC(C)=CCN1CCc2nnc(CNS(=O)(=O)c3ccccc3)n2CC1. The Hall–Kier alpha value is -2.03. The molecule has 8 heteroatoms. The number of hydrogen-bond acceptors (Lipinski definition) is 5. The summed E-state index contributed by atoms with van der Waals surface area (Å²) in [6, 6.07) is 8.36. The zero-order valence-corrected chi connectivity index (χ0v) is 16.0. The first-order valence-electron chi connectivity index (χ1n) is 8.77. The molecule has 0 amide bonds. The average molecular weight is 375 g/mol. The molecule has 0 aliphatic carbocycles. The van der Waals surface area contributed by atoms with Gasteiger partial charge >= 0.3 is 0 Å². The molecule has 1 aromatic carbocycles. The second-order valence-corrected chi connectivity index (χ2v) is 8.42. The Balaban J connectivity index is 1.66. The van der Waals surface area contributed by atoms with Crippen molar-refractivity contribution in [1.29, 1.82) is 0 Å². The fourth-order valence-electron chi connectivity index (χ4n) is 2.89. The molecule has 7 nitrogen and oxygen atoms in total. The molecule has 140 valence electrons. The maximum atomic E-state index is 12.4. The van der Waals surface area contributed by atoms with Crippen molar-refractivity contribution in [2.75, 3.05) is 19.6 Å². The summed E-state index contributed by atoms with van der Waals surface area (Å²) in [5, 5.41) is 8.45. The third-order valence-corrected chi connectivity index (χ3v) is 5.84. The normalized spacial score (nSPS) is 15.3. The third-order valence-electron chi connectivity index (χ3n) is 4.43. The average Bonchev–Trinajstić information content (AvgIpc) is 2.90. The summed E-state index contributed by atoms with van der Waals surface area (Å²) in [5.41, 5.74) is 1.31. The van der Waals surface area contributed by atoms with Crippen LogP contribution in [0.15, 0.2) is 46.9 Å². The Kier molecular flexibility index (Phi) is 5.85. The van der Waals surface area contributed by atoms with E-state index in [1.54, 1.807) is 30.3 Å². The van der Waals surface area contributed by atoms with Crippen molar-refractivity contribution in [2.24, 2.45) is 0 Å². The highest BCUT2D eigenvalue weighted by atomic mass is 32.2. The number of sulfonamides is 1. The summed E-state index contributed by atoms with van der Waals surface area (Å²) in [7, 11) is -3.55. The lowest BCUT2D eigenvalue weighted by molar-refractivity contribution is 0.307. The summed E-state index contributed by atoms with van der Waals surface area (Å²) in [4.78, 5) is 2.63. The van der Waals surface area contributed by atoms with Gasteiger partial charge in [0.25, 0.3) is 0 Å². The highest BCUT2D eigenvalue weighted by Gasteiger charge is 2.20. The Bertz CT molecular complexity index is 870. The summed E-state index contributed by atoms with van der Waals surface area (Å²) in [5.74, 6) is 1.57. The number of aromatic nitrogens is 3. The topological polar surface area (TPSA) is 80.1 Å². The quantitative estimate of drug-likeness (QED) is 0.776. The van der Waals surface area contributed by atoms with Crippen LogP contribution in [0.4, 0.5) is 0 Å². The molecule has 0 saturated heterocycles. The van der Waals surface area contributed by atoms with Gasteiger partial charge in [0, 0.05) is 32.6 Å². The van der Waals surface area contributed by atoms with Gasteiger partial charge in [0.15, 0.2) is 0 Å². The summed E-state index contributed by atoms with van der Waals surface area (Å²) < 4.78 is 29.4. The first kappa shape index (κ1) is 18.8. The number of benzene rings is 1. The molecular formula is C18H25N5O2S. The van der Waals surface area contributed by atoms with Gasteiger partial charge in [-0.15, -0.1) is 10.2 Å². The van der Waals surface area contributed by atoms with Crippen molar-refractivity contribution >= 4 is 10.0 Å². The van der Waals surface area contributed by atoms with Crippen molar-refractivity contribution in [3.8, 4) is 0 Å². The number of nitrogens with one attached hydrogen (secondary N) is 1. The van der Waals surface area contributed by atoms with Gasteiger partial charge in [0.05, 0.1) is 11.4 Å². The van der Waals surface area contributed by atoms with Gasteiger partial charge in [-0.25, -0.2) is 13.1 Å². The van der Waals surface area contributed by atoms with E-state index in [-0.39, 0.29) is 11.4 Å². The molecule has 2 aromatic rings. The van der Waals surface area contributed by atoms with Crippen LogP contribution < -0.4 is 4.72 Å². The van der Waals surface area contributed by atoms with E-state index in [0.29, 0.717) is 5.82 Å². The van der Waals surface area contributed by atoms with Crippen LogP contribution >= 0.6 is 0 Å². The van der Waals surface area contributed by atoms with Crippen molar-refractivity contribution in [3.05, 3.63) is 53.6 Å². The van der Waals surface area contributed by atoms with E-state index in [9.17, 15) is 8.42 Å². The van der Waals surface area contributed by atoms with Gasteiger partial charge in [0.1, 0.15) is 11.6 Å². The predicted octanol–water partition coefficient (Wildman–Crippen LogP) is 1.58. The first-order chi connectivity index (χ1) is 12.5. The zero-order chi connectivity index (χ0) is 18.6. The van der Waals surface area contributed by atoms with Gasteiger partial charge in [-0.2, -0.15) is 0 Å². The van der Waals surface area contributed by atoms with Crippen LogP contribution in [0.25, 0.3) is 0 Å². The maximum Gasteiger partial charge on any atom is 0.240 e.